The Morgan fingerprint density at radius 1 is 0.411 bits per heavy atom. The van der Waals surface area contributed by atoms with Crippen LogP contribution >= 0.6 is 20.4 Å². The summed E-state index contributed by atoms with van der Waals surface area (Å²) in [6.07, 6.45) is 14.7. The van der Waals surface area contributed by atoms with Gasteiger partial charge in [-0.05, 0) is 238 Å². The first-order valence-electron chi connectivity index (χ1n) is 29.6. The molecule has 3 aromatic heterocycles. The molecule has 484 valence electrons. The number of carbonyl (C=O) groups is 3. The van der Waals surface area contributed by atoms with Crippen molar-refractivity contribution >= 4 is 82.3 Å². The fourth-order valence-corrected chi connectivity index (χ4v) is 14.4. The zero-order chi connectivity index (χ0) is 65.3. The van der Waals surface area contributed by atoms with Gasteiger partial charge in [0.1, 0.15) is 27.2 Å². The van der Waals surface area contributed by atoms with Gasteiger partial charge in [-0.3, -0.25) is 29.3 Å². The summed E-state index contributed by atoms with van der Waals surface area (Å²) in [5.41, 5.74) is 4.76. The maximum Gasteiger partial charge on any atom is 0.310 e. The molecule has 90 heavy (non-hydrogen) atoms. The van der Waals surface area contributed by atoms with E-state index in [4.69, 9.17) is 5.11 Å². The molecule has 3 atom stereocenters. The zero-order valence-corrected chi connectivity index (χ0v) is 50.8. The van der Waals surface area contributed by atoms with E-state index in [1.165, 1.54) is 30.3 Å². The van der Waals surface area contributed by atoms with Gasteiger partial charge in [-0.25, -0.2) is 13.2 Å². The number of nitrogens with one attached hydrogen (secondary N) is 2. The van der Waals surface area contributed by atoms with Crippen molar-refractivity contribution in [2.24, 2.45) is 35.5 Å². The van der Waals surface area contributed by atoms with Crippen LogP contribution in [0.1, 0.15) is 132 Å². The van der Waals surface area contributed by atoms with Gasteiger partial charge in [-0.15, -0.1) is 0 Å². The van der Waals surface area contributed by atoms with Crippen molar-refractivity contribution in [2.45, 2.75) is 125 Å². The molecule has 24 heteroatoms. The lowest BCUT2D eigenvalue weighted by atomic mass is 9.73. The monoisotopic (exact) mass is 1310 g/mol. The van der Waals surface area contributed by atoms with Crippen LogP contribution < -0.4 is 10.6 Å². The minimum atomic E-state index is -9.83. The molecule has 3 heterocycles. The zero-order valence-electron chi connectivity index (χ0n) is 49.2. The first-order chi connectivity index (χ1) is 42.0. The van der Waals surface area contributed by atoms with Crippen LogP contribution in [-0.2, 0) is 14.4 Å². The third kappa shape index (κ3) is 16.5. The highest BCUT2D eigenvalue weighted by atomic mass is 32.5. The number of hydrogen-bond donors (Lipinski definition) is 3. The van der Waals surface area contributed by atoms with Crippen LogP contribution in [0.15, 0.2) is 150 Å². The highest BCUT2D eigenvalue weighted by Gasteiger charge is 2.66. The number of aliphatic carboxylic acids is 1. The Balaban J connectivity index is 0.000000164. The average Bonchev–Trinajstić information content (AvgIpc) is 0.737. The van der Waals surface area contributed by atoms with Gasteiger partial charge in [-0.2, -0.15) is 0 Å². The number of anilines is 2. The number of hydrogen-bond acceptors (Lipinski definition) is 6. The fraction of sp³-hybridized carbons (Fsp3) is 0.364. The lowest BCUT2D eigenvalue weighted by Gasteiger charge is -2.40. The quantitative estimate of drug-likeness (QED) is 0.0979. The van der Waals surface area contributed by atoms with Crippen molar-refractivity contribution in [3.05, 3.63) is 174 Å². The molecule has 8 aromatic rings. The standard InChI is InChI=1S/2C24H24F6N2OS.C18H20FNO2/c2*1-15(24(33)32-19-3-2-4-20(14-19)34(26,27,28,29)30)16-5-7-17(8-6-16)21-11-12-31-23-10-9-18(25)13-22(21)23;1-11(18(21)22)12-2-4-13(5-3-12)15-8-9-20-17-7-6-14(19)10-16(15)17/h2*2-4,9-17H,5-8H2,1H3,(H,32,33);6-13H,2-5H2,1H3,(H,21,22)/t2*15-,16?,17?;11-,12?,13?/m111/s1. The number of rotatable bonds is 13. The summed E-state index contributed by atoms with van der Waals surface area (Å²) in [6, 6.07) is 24.6. The van der Waals surface area contributed by atoms with Crippen molar-refractivity contribution in [1.29, 1.82) is 0 Å². The fourth-order valence-electron chi connectivity index (χ4n) is 13.0. The van der Waals surface area contributed by atoms with Crippen molar-refractivity contribution in [3.8, 4) is 0 Å². The Hall–Kier alpha value is -7.47. The summed E-state index contributed by atoms with van der Waals surface area (Å²) >= 11 is 0. The second kappa shape index (κ2) is 24.6. The summed E-state index contributed by atoms with van der Waals surface area (Å²) < 4.78 is 172. The Kier molecular flexibility index (Phi) is 18.3. The molecule has 3 aliphatic carbocycles. The second-order valence-electron chi connectivity index (χ2n) is 24.2. The number of pyridine rings is 3. The number of halogens is 13. The minimum Gasteiger partial charge on any atom is -0.481 e. The molecule has 3 N–H and O–H groups in total. The molecule has 3 fully saturated rings. The minimum absolute atomic E-state index is 0.0140. The van der Waals surface area contributed by atoms with Crippen LogP contribution in [0, 0.1) is 53.0 Å². The van der Waals surface area contributed by atoms with E-state index >= 15 is 0 Å². The van der Waals surface area contributed by atoms with Crippen LogP contribution in [0.2, 0.25) is 0 Å². The number of fused-ring (bicyclic) bond motifs is 3. The van der Waals surface area contributed by atoms with Crippen molar-refractivity contribution < 1.29 is 71.5 Å². The molecule has 2 amide bonds. The number of aromatic nitrogens is 3. The number of carboxylic acid groups (broad SMARTS) is 1. The van der Waals surface area contributed by atoms with E-state index in [-0.39, 0.29) is 76.5 Å². The molecular weight excluding hydrogens is 1240 g/mol. The molecule has 0 unspecified atom stereocenters. The predicted molar refractivity (Wildman–Crippen MR) is 327 cm³/mol. The molecule has 0 saturated heterocycles. The topological polar surface area (TPSA) is 134 Å². The van der Waals surface area contributed by atoms with E-state index in [9.17, 15) is 66.4 Å². The summed E-state index contributed by atoms with van der Waals surface area (Å²) in [6.45, 7) is 5.17. The summed E-state index contributed by atoms with van der Waals surface area (Å²) in [7, 11) is -19.7. The molecule has 9 nitrogen and oxygen atoms in total. The van der Waals surface area contributed by atoms with Crippen molar-refractivity contribution in [3.63, 3.8) is 0 Å². The molecule has 0 radical (unpaired) electrons. The Morgan fingerprint density at radius 2 is 0.700 bits per heavy atom. The molecule has 5 aromatic carbocycles. The van der Waals surface area contributed by atoms with Gasteiger partial charge in [0.25, 0.3) is 0 Å². The van der Waals surface area contributed by atoms with Gasteiger partial charge in [-0.1, -0.05) is 71.8 Å². The van der Waals surface area contributed by atoms with E-state index in [0.717, 1.165) is 114 Å². The van der Waals surface area contributed by atoms with Gasteiger partial charge < -0.3 is 15.7 Å². The van der Waals surface area contributed by atoms with E-state index in [1.54, 1.807) is 63.6 Å². The van der Waals surface area contributed by atoms with E-state index in [2.05, 4.69) is 25.6 Å². The van der Waals surface area contributed by atoms with Crippen molar-refractivity contribution in [2.75, 3.05) is 10.6 Å². The predicted octanol–water partition coefficient (Wildman–Crippen LogP) is 21.5. The summed E-state index contributed by atoms with van der Waals surface area (Å²) in [5, 5.41) is 16.3. The first kappa shape index (κ1) is 66.9. The third-order valence-electron chi connectivity index (χ3n) is 18.3. The largest absolute Gasteiger partial charge is 0.481 e. The Bertz CT molecular complexity index is 3780. The number of carboxylic acids is 1. The number of carbonyl (C=O) groups excluding carboxylic acids is 2. The van der Waals surface area contributed by atoms with Crippen LogP contribution in [0.25, 0.3) is 32.7 Å². The smallest absolute Gasteiger partial charge is 0.310 e. The Morgan fingerprint density at radius 3 is 0.978 bits per heavy atom. The molecule has 11 rings (SSSR count). The molecular formula is C66H68F13N5O4S2. The van der Waals surface area contributed by atoms with Gasteiger partial charge in [0, 0.05) is 58.0 Å². The normalized spacial score (nSPS) is 22.3. The lowest BCUT2D eigenvalue weighted by molar-refractivity contribution is -0.143. The van der Waals surface area contributed by atoms with Crippen LogP contribution in [0.5, 0.6) is 0 Å². The Labute approximate surface area is 512 Å². The molecule has 0 bridgehead atoms. The van der Waals surface area contributed by atoms with Crippen LogP contribution in [-0.4, -0.2) is 37.8 Å². The molecule has 0 aliphatic heterocycles. The lowest BCUT2D eigenvalue weighted by Crippen LogP contribution is -2.29. The average molecular weight is 1310 g/mol. The van der Waals surface area contributed by atoms with Crippen molar-refractivity contribution in [1.82, 2.24) is 15.0 Å². The maximum atomic E-state index is 13.8. The molecule has 0 spiro atoms. The van der Waals surface area contributed by atoms with Gasteiger partial charge >= 0.3 is 26.4 Å². The number of amides is 2. The molecule has 3 aliphatic rings. The van der Waals surface area contributed by atoms with Crippen LogP contribution in [0.3, 0.4) is 0 Å². The van der Waals surface area contributed by atoms with E-state index < -0.39 is 59.9 Å². The number of nitrogens with zero attached hydrogens (tertiary/aromatic N) is 3. The summed E-state index contributed by atoms with van der Waals surface area (Å²) in [5.74, 6) is -3.04. The highest BCUT2D eigenvalue weighted by Crippen LogP contribution is 3.03. The number of benzene rings is 5. The third-order valence-corrected chi connectivity index (χ3v) is 20.6. The van der Waals surface area contributed by atoms with Gasteiger partial charge in [0.05, 0.1) is 22.5 Å². The molecule has 3 saturated carbocycles. The van der Waals surface area contributed by atoms with Gasteiger partial charge in [0.15, 0.2) is 0 Å². The summed E-state index contributed by atoms with van der Waals surface area (Å²) in [4.78, 5) is 45.3. The maximum absolute atomic E-state index is 13.8. The van der Waals surface area contributed by atoms with Gasteiger partial charge in [0.2, 0.25) is 11.8 Å². The van der Waals surface area contributed by atoms with E-state index in [1.807, 2.05) is 18.2 Å². The highest BCUT2D eigenvalue weighted by molar-refractivity contribution is 8.46. The SMILES string of the molecule is C[C@@H](C(=O)Nc1cccc(S(F)(F)(F)(F)F)c1)C1CCC(c2ccnc3ccc(F)cc23)CC1.C[C@@H](C(=O)Nc1cccc(S(F)(F)(F)(F)F)c1)C1CCC(c2ccnc3ccc(F)cc23)CC1.C[C@@H](C(=O)O)C1CCC(c2ccnc3ccc(F)cc23)CC1. The van der Waals surface area contributed by atoms with Crippen LogP contribution in [0.4, 0.5) is 63.4 Å². The van der Waals surface area contributed by atoms with E-state index in [0.29, 0.717) is 54.8 Å². The second-order valence-corrected chi connectivity index (χ2v) is 29.0. The first-order valence-corrected chi connectivity index (χ1v) is 33.5.